The van der Waals surface area contributed by atoms with Crippen LogP contribution in [0.5, 0.6) is 0 Å². The van der Waals surface area contributed by atoms with E-state index in [4.69, 9.17) is 18.9 Å². The minimum atomic E-state index is -0.980. The Labute approximate surface area is 473 Å². The summed E-state index contributed by atoms with van der Waals surface area (Å²) in [7, 11) is 6.78. The van der Waals surface area contributed by atoms with E-state index in [0.29, 0.717) is 31.5 Å². The molecule has 2 aromatic carbocycles. The molecule has 0 bridgehead atoms. The Morgan fingerprint density at radius 1 is 0.787 bits per heavy atom. The van der Waals surface area contributed by atoms with E-state index in [1.165, 1.54) is 19.3 Å². The molecule has 0 radical (unpaired) electrons. The van der Waals surface area contributed by atoms with Crippen molar-refractivity contribution < 1.29 is 57.3 Å². The number of hydrogen-bond donors (Lipinski definition) is 4. The van der Waals surface area contributed by atoms with Gasteiger partial charge in [0.2, 0.25) is 35.4 Å². The average molecular weight is 1120 g/mol. The van der Waals surface area contributed by atoms with Crippen molar-refractivity contribution in [2.24, 2.45) is 23.7 Å². The summed E-state index contributed by atoms with van der Waals surface area (Å²) >= 11 is 0. The van der Waals surface area contributed by atoms with Crippen molar-refractivity contribution >= 4 is 52.9 Å². The first kappa shape index (κ1) is 64.8. The van der Waals surface area contributed by atoms with Crippen LogP contribution in [-0.4, -0.2) is 183 Å². The van der Waals surface area contributed by atoms with Gasteiger partial charge in [-0.05, 0) is 80.7 Å². The molecule has 0 unspecified atom stereocenters. The summed E-state index contributed by atoms with van der Waals surface area (Å²) in [6.07, 6.45) is 5.24. The van der Waals surface area contributed by atoms with Gasteiger partial charge in [-0.25, -0.2) is 0 Å². The highest BCUT2D eigenvalue weighted by Crippen LogP contribution is 2.31. The highest BCUT2D eigenvalue weighted by atomic mass is 16.5. The summed E-state index contributed by atoms with van der Waals surface area (Å²) in [5.74, 6) is -3.32. The van der Waals surface area contributed by atoms with Gasteiger partial charge in [0.05, 0.1) is 75.6 Å². The molecule has 3 heterocycles. The van der Waals surface area contributed by atoms with Crippen molar-refractivity contribution in [1.29, 1.82) is 0 Å². The number of carbonyl (C=O) groups is 8. The third-order valence-electron chi connectivity index (χ3n) is 16.3. The monoisotopic (exact) mass is 1110 g/mol. The number of hydrogen-bond acceptors (Lipinski definition) is 13. The van der Waals surface area contributed by atoms with E-state index < -0.39 is 54.1 Å². The topological polar surface area (TPSA) is 235 Å². The number of nitrogens with one attached hydrogen (secondary N) is 4. The minimum absolute atomic E-state index is 0.0308. The van der Waals surface area contributed by atoms with Gasteiger partial charge in [-0.2, -0.15) is 0 Å². The normalized spacial score (nSPS) is 21.1. The smallest absolute Gasteiger partial charge is 0.253 e. The number of likely N-dealkylation sites (tertiary alicyclic amines) is 2. The van der Waals surface area contributed by atoms with Gasteiger partial charge in [0.1, 0.15) is 12.1 Å². The lowest BCUT2D eigenvalue weighted by atomic mass is 9.86. The van der Waals surface area contributed by atoms with Gasteiger partial charge >= 0.3 is 0 Å². The lowest BCUT2D eigenvalue weighted by Crippen LogP contribution is -2.61. The molecule has 80 heavy (non-hydrogen) atoms. The van der Waals surface area contributed by atoms with E-state index in [2.05, 4.69) is 40.0 Å². The standard InChI is InChI=1S/C60H90N8O12/c1-12-39(4)54(66(9)60(76)53(38(2)3)64-59(75)55-40(5)20-21-41(6)65(55)8)48(77-10)36-52(72)67-29-16-19-47(67)56(78-11)42(7)57(73)63-46(35-43-17-14-13-15-18-43)58(74)62-45-24-22-44(23-25-45)37-61-49(69)28-31-79-33-34-80-32-30-68-50(70)26-27-51(68)71/h13-15,17-18,22-27,38-42,46-48,53-56H,12,16,19-21,28-37H2,1-11H3,(H,61,69)(H,62,74)(H,63,73)(H,64,75)/t39-,40+,41+,42+,46-,47-,48+,53-,54-,55-,56+/m0/s1. The van der Waals surface area contributed by atoms with Gasteiger partial charge in [-0.1, -0.05) is 90.4 Å². The van der Waals surface area contributed by atoms with E-state index in [1.54, 1.807) is 55.1 Å². The number of nitrogens with zero attached hydrogens (tertiary/aromatic N) is 4. The number of amides is 8. The lowest BCUT2D eigenvalue weighted by Gasteiger charge is -2.43. The molecule has 2 saturated heterocycles. The van der Waals surface area contributed by atoms with E-state index in [0.717, 1.165) is 28.9 Å². The third kappa shape index (κ3) is 18.0. The molecule has 4 N–H and O–H groups in total. The molecule has 0 spiro atoms. The molecule has 3 aliphatic rings. The Balaban J connectivity index is 1.16. The number of anilines is 1. The Morgan fingerprint density at radius 3 is 2.08 bits per heavy atom. The molecule has 3 aliphatic heterocycles. The maximum Gasteiger partial charge on any atom is 0.253 e. The van der Waals surface area contributed by atoms with E-state index in [9.17, 15) is 38.4 Å². The largest absolute Gasteiger partial charge is 0.379 e. The fourth-order valence-electron chi connectivity index (χ4n) is 11.1. The molecule has 5 rings (SSSR count). The predicted molar refractivity (Wildman–Crippen MR) is 303 cm³/mol. The van der Waals surface area contributed by atoms with Gasteiger partial charge in [0, 0.05) is 71.1 Å². The first-order chi connectivity index (χ1) is 38.2. The fraction of sp³-hybridized carbons (Fsp3) is 0.633. The Hall–Kier alpha value is -6.06. The van der Waals surface area contributed by atoms with Crippen molar-refractivity contribution in [1.82, 2.24) is 35.6 Å². The number of rotatable bonds is 31. The van der Waals surface area contributed by atoms with Crippen molar-refractivity contribution in [2.45, 2.75) is 155 Å². The quantitative estimate of drug-likeness (QED) is 0.0603. The number of benzene rings is 2. The molecule has 11 atom stereocenters. The van der Waals surface area contributed by atoms with Crippen LogP contribution >= 0.6 is 0 Å². The number of likely N-dealkylation sites (N-methyl/N-ethyl adjacent to an activating group) is 2. The molecule has 0 aromatic heterocycles. The Kier molecular flexibility index (Phi) is 25.7. The highest BCUT2D eigenvalue weighted by Gasteiger charge is 2.44. The zero-order chi connectivity index (χ0) is 58.6. The fourth-order valence-corrected chi connectivity index (χ4v) is 11.1. The van der Waals surface area contributed by atoms with E-state index in [1.807, 2.05) is 65.1 Å². The molecule has 8 amide bonds. The van der Waals surface area contributed by atoms with Crippen molar-refractivity contribution in [2.75, 3.05) is 73.1 Å². The van der Waals surface area contributed by atoms with Crippen LogP contribution in [-0.2, 0) is 70.3 Å². The van der Waals surface area contributed by atoms with Crippen LogP contribution in [0.2, 0.25) is 0 Å². The zero-order valence-corrected chi connectivity index (χ0v) is 49.1. The van der Waals surface area contributed by atoms with Gasteiger partial charge in [-0.15, -0.1) is 0 Å². The van der Waals surface area contributed by atoms with Crippen LogP contribution < -0.4 is 21.3 Å². The van der Waals surface area contributed by atoms with Crippen LogP contribution in [0.1, 0.15) is 105 Å². The molecule has 20 nitrogen and oxygen atoms in total. The van der Waals surface area contributed by atoms with Crippen LogP contribution in [0, 0.1) is 23.7 Å². The van der Waals surface area contributed by atoms with Crippen molar-refractivity contribution in [3.05, 3.63) is 77.9 Å². The molecule has 20 heteroatoms. The summed E-state index contributed by atoms with van der Waals surface area (Å²) in [6.45, 7) is 15.6. The second-order valence-corrected chi connectivity index (χ2v) is 22.2. The molecule has 2 aromatic rings. The number of imide groups is 1. The minimum Gasteiger partial charge on any atom is -0.379 e. The summed E-state index contributed by atoms with van der Waals surface area (Å²) in [5, 5.41) is 11.9. The number of piperidine rings is 1. The highest BCUT2D eigenvalue weighted by molar-refractivity contribution is 6.12. The number of ether oxygens (including phenoxy) is 4. The van der Waals surface area contributed by atoms with Gasteiger partial charge in [0.25, 0.3) is 11.8 Å². The molecular formula is C60H90N8O12. The molecule has 2 fully saturated rings. The van der Waals surface area contributed by atoms with Crippen molar-refractivity contribution in [3.8, 4) is 0 Å². The predicted octanol–water partition coefficient (Wildman–Crippen LogP) is 4.50. The number of methoxy groups -OCH3 is 2. The summed E-state index contributed by atoms with van der Waals surface area (Å²) in [4.78, 5) is 114. The first-order valence-corrected chi connectivity index (χ1v) is 28.5. The van der Waals surface area contributed by atoms with Crippen LogP contribution in [0.15, 0.2) is 66.7 Å². The van der Waals surface area contributed by atoms with E-state index in [-0.39, 0.29) is 124 Å². The molecular weight excluding hydrogens is 1020 g/mol. The second-order valence-electron chi connectivity index (χ2n) is 22.2. The SMILES string of the molecule is CC[C@H](C)[C@@H]([C@@H](CC(=O)N1CCC[C@H]1[C@H](OC)[C@@H](C)C(=O)N[C@@H](Cc1ccccc1)C(=O)Nc1ccc(CNC(=O)CCOCCOCCN2C(=O)C=CC2=O)cc1)OC)N(C)C(=O)[C@@H](NC(=O)[C@@H]1[C@H](C)CC[C@@H](C)N1C)C(C)C. The number of carbonyl (C=O) groups excluding carboxylic acids is 8. The van der Waals surface area contributed by atoms with Gasteiger partial charge < -0.3 is 50.0 Å². The lowest BCUT2D eigenvalue weighted by molar-refractivity contribution is -0.148. The van der Waals surface area contributed by atoms with Gasteiger partial charge in [-0.3, -0.25) is 48.2 Å². The Morgan fingerprint density at radius 2 is 1.45 bits per heavy atom. The average Bonchev–Trinajstić information content (AvgIpc) is 4.10. The summed E-state index contributed by atoms with van der Waals surface area (Å²) < 4.78 is 23.1. The van der Waals surface area contributed by atoms with Crippen LogP contribution in [0.4, 0.5) is 5.69 Å². The van der Waals surface area contributed by atoms with Crippen LogP contribution in [0.25, 0.3) is 0 Å². The zero-order valence-electron chi connectivity index (χ0n) is 49.1. The second kappa shape index (κ2) is 31.8. The maximum atomic E-state index is 14.6. The van der Waals surface area contributed by atoms with E-state index >= 15 is 0 Å². The van der Waals surface area contributed by atoms with Gasteiger partial charge in [0.15, 0.2) is 0 Å². The molecule has 442 valence electrons. The van der Waals surface area contributed by atoms with Crippen molar-refractivity contribution in [3.63, 3.8) is 0 Å². The summed E-state index contributed by atoms with van der Waals surface area (Å²) in [6, 6.07) is 13.5. The summed E-state index contributed by atoms with van der Waals surface area (Å²) in [5.41, 5.74) is 2.12. The van der Waals surface area contributed by atoms with Crippen LogP contribution in [0.3, 0.4) is 0 Å². The Bertz CT molecular complexity index is 2390. The maximum absolute atomic E-state index is 14.6. The third-order valence-corrected chi connectivity index (χ3v) is 16.3. The molecule has 0 aliphatic carbocycles. The molecule has 0 saturated carbocycles. The first-order valence-electron chi connectivity index (χ1n) is 28.5.